The standard InChI is InChI=1S/C23H27NO6S/c1-16-7-9-20(31(27,28)24-11-5-4-6-12-24)14-21(16)23(26)30-15-19-13-18(17(2)25)8-10-22(19)29-3/h7-10,13-14H,4-6,11-12,15H2,1-3H3. The van der Waals surface area contributed by atoms with Crippen LogP contribution < -0.4 is 4.74 Å². The van der Waals surface area contributed by atoms with Crippen LogP contribution in [0.4, 0.5) is 0 Å². The van der Waals surface area contributed by atoms with E-state index in [-0.39, 0.29) is 22.8 Å². The largest absolute Gasteiger partial charge is 0.496 e. The lowest BCUT2D eigenvalue weighted by molar-refractivity contribution is 0.0469. The zero-order chi connectivity index (χ0) is 22.6. The Morgan fingerprint density at radius 3 is 2.39 bits per heavy atom. The molecule has 0 amide bonds. The summed E-state index contributed by atoms with van der Waals surface area (Å²) in [6.45, 7) is 4.05. The van der Waals surface area contributed by atoms with Gasteiger partial charge in [0.15, 0.2) is 5.78 Å². The van der Waals surface area contributed by atoms with E-state index in [9.17, 15) is 18.0 Å². The number of piperidine rings is 1. The highest BCUT2D eigenvalue weighted by atomic mass is 32.2. The van der Waals surface area contributed by atoms with Crippen molar-refractivity contribution in [3.05, 3.63) is 58.7 Å². The van der Waals surface area contributed by atoms with Gasteiger partial charge in [-0.15, -0.1) is 0 Å². The summed E-state index contributed by atoms with van der Waals surface area (Å²) < 4.78 is 38.1. The normalized spacial score (nSPS) is 14.8. The van der Waals surface area contributed by atoms with E-state index in [1.165, 1.54) is 30.5 Å². The summed E-state index contributed by atoms with van der Waals surface area (Å²) in [6.07, 6.45) is 2.69. The summed E-state index contributed by atoms with van der Waals surface area (Å²) >= 11 is 0. The summed E-state index contributed by atoms with van der Waals surface area (Å²) in [5.74, 6) is -0.249. The Bertz CT molecular complexity index is 1090. The van der Waals surface area contributed by atoms with Crippen molar-refractivity contribution < 1.29 is 27.5 Å². The van der Waals surface area contributed by atoms with Crippen LogP contribution in [-0.4, -0.2) is 44.7 Å². The van der Waals surface area contributed by atoms with Crippen molar-refractivity contribution in [2.45, 2.75) is 44.6 Å². The smallest absolute Gasteiger partial charge is 0.338 e. The average molecular weight is 446 g/mol. The van der Waals surface area contributed by atoms with Crippen LogP contribution in [-0.2, 0) is 21.4 Å². The molecule has 0 radical (unpaired) electrons. The van der Waals surface area contributed by atoms with Gasteiger partial charge in [-0.1, -0.05) is 12.5 Å². The molecule has 0 unspecified atom stereocenters. The lowest BCUT2D eigenvalue weighted by atomic mass is 10.1. The molecule has 0 aromatic heterocycles. The van der Waals surface area contributed by atoms with Crippen molar-refractivity contribution in [2.24, 2.45) is 0 Å². The predicted octanol–water partition coefficient (Wildman–Crippen LogP) is 3.74. The maximum atomic E-state index is 13.0. The van der Waals surface area contributed by atoms with E-state index in [4.69, 9.17) is 9.47 Å². The molecule has 0 saturated carbocycles. The minimum Gasteiger partial charge on any atom is -0.496 e. The van der Waals surface area contributed by atoms with Gasteiger partial charge in [0, 0.05) is 24.2 Å². The lowest BCUT2D eigenvalue weighted by Gasteiger charge is -2.26. The summed E-state index contributed by atoms with van der Waals surface area (Å²) in [6, 6.07) is 9.44. The minimum absolute atomic E-state index is 0.0862. The third-order valence-corrected chi connectivity index (χ3v) is 7.32. The van der Waals surface area contributed by atoms with Crippen LogP contribution in [0.2, 0.25) is 0 Å². The molecule has 0 N–H and O–H groups in total. The summed E-state index contributed by atoms with van der Waals surface area (Å²) in [5, 5.41) is 0. The molecule has 0 aliphatic carbocycles. The molecule has 1 aliphatic heterocycles. The van der Waals surface area contributed by atoms with Crippen LogP contribution in [0.15, 0.2) is 41.3 Å². The molecule has 31 heavy (non-hydrogen) atoms. The van der Waals surface area contributed by atoms with E-state index in [0.717, 1.165) is 19.3 Å². The number of carbonyl (C=O) groups excluding carboxylic acids is 2. The average Bonchev–Trinajstić information content (AvgIpc) is 2.77. The third kappa shape index (κ3) is 5.14. The number of sulfonamides is 1. The van der Waals surface area contributed by atoms with Crippen LogP contribution in [0.3, 0.4) is 0 Å². The van der Waals surface area contributed by atoms with E-state index in [2.05, 4.69) is 0 Å². The molecule has 8 heteroatoms. The van der Waals surface area contributed by atoms with Gasteiger partial charge >= 0.3 is 5.97 Å². The van der Waals surface area contributed by atoms with E-state index in [1.807, 2.05) is 0 Å². The van der Waals surface area contributed by atoms with Gasteiger partial charge < -0.3 is 9.47 Å². The molecule has 1 heterocycles. The molecule has 1 aliphatic rings. The Morgan fingerprint density at radius 2 is 1.74 bits per heavy atom. The van der Waals surface area contributed by atoms with Crippen LogP contribution in [0.1, 0.15) is 58.0 Å². The number of methoxy groups -OCH3 is 1. The first-order chi connectivity index (χ1) is 14.7. The summed E-state index contributed by atoms with van der Waals surface area (Å²) in [5.41, 5.74) is 1.85. The van der Waals surface area contributed by atoms with Gasteiger partial charge in [0.05, 0.1) is 17.6 Å². The maximum absolute atomic E-state index is 13.0. The highest BCUT2D eigenvalue weighted by molar-refractivity contribution is 7.89. The number of Topliss-reactive ketones (excluding diaryl/α,β-unsaturated/α-hetero) is 1. The molecule has 166 valence electrons. The minimum atomic E-state index is -3.66. The van der Waals surface area contributed by atoms with Crippen molar-refractivity contribution in [1.29, 1.82) is 0 Å². The van der Waals surface area contributed by atoms with Gasteiger partial charge in [-0.2, -0.15) is 4.31 Å². The monoisotopic (exact) mass is 445 g/mol. The number of ether oxygens (including phenoxy) is 2. The fourth-order valence-corrected chi connectivity index (χ4v) is 5.11. The Morgan fingerprint density at radius 1 is 1.03 bits per heavy atom. The zero-order valence-corrected chi connectivity index (χ0v) is 18.8. The van der Waals surface area contributed by atoms with Crippen molar-refractivity contribution in [3.8, 4) is 5.75 Å². The van der Waals surface area contributed by atoms with Crippen LogP contribution in [0.25, 0.3) is 0 Å². The number of benzene rings is 2. The first-order valence-corrected chi connectivity index (χ1v) is 11.6. The number of nitrogens with zero attached hydrogens (tertiary/aromatic N) is 1. The Balaban J connectivity index is 1.82. The molecule has 3 rings (SSSR count). The van der Waals surface area contributed by atoms with E-state index < -0.39 is 16.0 Å². The second-order valence-electron chi connectivity index (χ2n) is 7.60. The first kappa shape index (κ1) is 23.0. The molecule has 1 saturated heterocycles. The fourth-order valence-electron chi connectivity index (χ4n) is 3.57. The molecule has 7 nitrogen and oxygen atoms in total. The van der Waals surface area contributed by atoms with E-state index in [0.29, 0.717) is 35.5 Å². The maximum Gasteiger partial charge on any atom is 0.338 e. The molecule has 1 fully saturated rings. The molecule has 2 aromatic carbocycles. The number of rotatable bonds is 7. The number of esters is 1. The summed E-state index contributed by atoms with van der Waals surface area (Å²) in [7, 11) is -2.17. The molecule has 0 bridgehead atoms. The molecule has 0 atom stereocenters. The molecule has 0 spiro atoms. The highest BCUT2D eigenvalue weighted by Crippen LogP contribution is 2.25. The fraction of sp³-hybridized carbons (Fsp3) is 0.391. The summed E-state index contributed by atoms with van der Waals surface area (Å²) in [4.78, 5) is 24.5. The van der Waals surface area contributed by atoms with Crippen LogP contribution >= 0.6 is 0 Å². The van der Waals surface area contributed by atoms with Gasteiger partial charge in [-0.3, -0.25) is 4.79 Å². The van der Waals surface area contributed by atoms with Crippen LogP contribution in [0.5, 0.6) is 5.75 Å². The van der Waals surface area contributed by atoms with E-state index in [1.54, 1.807) is 31.2 Å². The quantitative estimate of drug-likeness (QED) is 0.476. The van der Waals surface area contributed by atoms with Gasteiger partial charge in [0.2, 0.25) is 10.0 Å². The van der Waals surface area contributed by atoms with Crippen molar-refractivity contribution in [3.63, 3.8) is 0 Å². The number of ketones is 1. The molecular weight excluding hydrogens is 418 g/mol. The highest BCUT2D eigenvalue weighted by Gasteiger charge is 2.27. The topological polar surface area (TPSA) is 90.0 Å². The first-order valence-electron chi connectivity index (χ1n) is 10.2. The second kappa shape index (κ2) is 9.62. The zero-order valence-electron chi connectivity index (χ0n) is 18.0. The van der Waals surface area contributed by atoms with Gasteiger partial charge in [-0.25, -0.2) is 13.2 Å². The van der Waals surface area contributed by atoms with Crippen molar-refractivity contribution in [1.82, 2.24) is 4.31 Å². The Labute approximate surface area is 183 Å². The second-order valence-corrected chi connectivity index (χ2v) is 9.54. The Hall–Kier alpha value is -2.71. The third-order valence-electron chi connectivity index (χ3n) is 5.43. The van der Waals surface area contributed by atoms with Crippen LogP contribution in [0, 0.1) is 6.92 Å². The Kier molecular flexibility index (Phi) is 7.12. The SMILES string of the molecule is COc1ccc(C(C)=O)cc1COC(=O)c1cc(S(=O)(=O)N2CCCCC2)ccc1C. The molecule has 2 aromatic rings. The number of carbonyl (C=O) groups is 2. The number of hydrogen-bond acceptors (Lipinski definition) is 6. The van der Waals surface area contributed by atoms with Crippen molar-refractivity contribution in [2.75, 3.05) is 20.2 Å². The van der Waals surface area contributed by atoms with Gasteiger partial charge in [0.1, 0.15) is 12.4 Å². The van der Waals surface area contributed by atoms with Gasteiger partial charge in [-0.05, 0) is 62.6 Å². The van der Waals surface area contributed by atoms with Gasteiger partial charge in [0.25, 0.3) is 0 Å². The van der Waals surface area contributed by atoms with E-state index >= 15 is 0 Å². The number of aryl methyl sites for hydroxylation is 1. The lowest BCUT2D eigenvalue weighted by Crippen LogP contribution is -2.35. The van der Waals surface area contributed by atoms with Crippen molar-refractivity contribution >= 4 is 21.8 Å². The number of hydrogen-bond donors (Lipinski definition) is 0. The predicted molar refractivity (Wildman–Crippen MR) is 116 cm³/mol. The molecular formula is C23H27NO6S.